The van der Waals surface area contributed by atoms with Gasteiger partial charge in [-0.1, -0.05) is 164 Å². The first-order valence-electron chi connectivity index (χ1n) is 20.4. The van der Waals surface area contributed by atoms with Gasteiger partial charge in [-0.25, -0.2) is 9.97 Å². The third-order valence-electron chi connectivity index (χ3n) is 11.9. The second-order valence-corrected chi connectivity index (χ2v) is 15.4. The zero-order valence-corrected chi connectivity index (χ0v) is 32.6. The summed E-state index contributed by atoms with van der Waals surface area (Å²) in [6, 6.07) is 77.9. The molecule has 0 N–H and O–H groups in total. The Morgan fingerprint density at radius 3 is 1.32 bits per heavy atom. The van der Waals surface area contributed by atoms with Gasteiger partial charge in [0.25, 0.3) is 0 Å². The summed E-state index contributed by atoms with van der Waals surface area (Å²) < 4.78 is 4.81. The molecule has 280 valence electrons. The van der Waals surface area contributed by atoms with E-state index < -0.39 is 0 Å². The van der Waals surface area contributed by atoms with E-state index >= 15 is 0 Å². The van der Waals surface area contributed by atoms with Crippen LogP contribution in [-0.4, -0.2) is 19.1 Å². The van der Waals surface area contributed by atoms with Crippen LogP contribution in [0.5, 0.6) is 0 Å². The first-order valence-corrected chi connectivity index (χ1v) is 20.4. The molecule has 0 atom stereocenters. The fraction of sp³-hybridized carbons (Fsp3) is 0. The van der Waals surface area contributed by atoms with Crippen molar-refractivity contribution in [1.29, 1.82) is 0 Å². The third kappa shape index (κ3) is 5.53. The number of para-hydroxylation sites is 3. The highest BCUT2D eigenvalue weighted by Gasteiger charge is 2.20. The zero-order valence-electron chi connectivity index (χ0n) is 32.6. The molecule has 12 aromatic rings. The van der Waals surface area contributed by atoms with Gasteiger partial charge >= 0.3 is 0 Å². The van der Waals surface area contributed by atoms with Crippen molar-refractivity contribution in [3.63, 3.8) is 0 Å². The molecule has 0 radical (unpaired) electrons. The topological polar surface area (TPSA) is 35.6 Å². The Bertz CT molecular complexity index is 3550. The van der Waals surface area contributed by atoms with Crippen molar-refractivity contribution >= 4 is 54.5 Å². The standard InChI is InChI=1S/C56H36N4/c1-4-14-37(15-5-1)39-24-28-41(29-25-39)55-49-34-44(32-33-50(49)57-56(58-55)42-30-26-40(27-31-42)38-16-6-2-7-17-38)60-52-23-13-11-21-46(52)48-35-47-45-20-10-12-22-51(45)59(53(47)36-54(48)60)43-18-8-3-9-19-43/h1-36H. The number of hydrogen-bond donors (Lipinski definition) is 0. The van der Waals surface area contributed by atoms with Crippen LogP contribution >= 0.6 is 0 Å². The Morgan fingerprint density at radius 1 is 0.267 bits per heavy atom. The van der Waals surface area contributed by atoms with E-state index in [2.05, 4.69) is 221 Å². The molecule has 3 heterocycles. The summed E-state index contributed by atoms with van der Waals surface area (Å²) in [6.07, 6.45) is 0. The lowest BCUT2D eigenvalue weighted by Gasteiger charge is -2.14. The van der Waals surface area contributed by atoms with Crippen LogP contribution in [-0.2, 0) is 0 Å². The van der Waals surface area contributed by atoms with Gasteiger partial charge in [0.05, 0.1) is 33.3 Å². The summed E-state index contributed by atoms with van der Waals surface area (Å²) in [5.74, 6) is 0.699. The molecule has 12 rings (SSSR count). The maximum atomic E-state index is 5.38. The van der Waals surface area contributed by atoms with E-state index in [0.717, 1.165) is 55.7 Å². The number of fused-ring (bicyclic) bond motifs is 7. The molecular formula is C56H36N4. The van der Waals surface area contributed by atoms with E-state index in [1.165, 1.54) is 49.3 Å². The average Bonchev–Trinajstić information content (AvgIpc) is 3.83. The molecule has 0 aliphatic carbocycles. The predicted molar refractivity (Wildman–Crippen MR) is 250 cm³/mol. The molecule has 0 unspecified atom stereocenters. The molecule has 60 heavy (non-hydrogen) atoms. The SMILES string of the molecule is c1ccc(-c2ccc(-c3nc(-c4ccc(-c5ccccc5)cc4)c4cc(-n5c6ccccc6c6cc7c8ccccc8n(-c8ccccc8)c7cc65)ccc4n3)cc2)cc1. The van der Waals surface area contributed by atoms with E-state index in [1.54, 1.807) is 0 Å². The van der Waals surface area contributed by atoms with E-state index in [0.29, 0.717) is 5.82 Å². The Labute approximate surface area is 346 Å². The van der Waals surface area contributed by atoms with Crippen molar-refractivity contribution in [3.8, 4) is 56.3 Å². The van der Waals surface area contributed by atoms with Gasteiger partial charge in [-0.05, 0) is 76.9 Å². The zero-order chi connectivity index (χ0) is 39.6. The van der Waals surface area contributed by atoms with Gasteiger partial charge in [0.15, 0.2) is 5.82 Å². The van der Waals surface area contributed by atoms with E-state index in [4.69, 9.17) is 9.97 Å². The molecule has 9 aromatic carbocycles. The molecule has 0 aliphatic rings. The van der Waals surface area contributed by atoms with Crippen molar-refractivity contribution in [3.05, 3.63) is 218 Å². The molecule has 0 fully saturated rings. The number of aromatic nitrogens is 4. The Balaban J connectivity index is 1.08. The lowest BCUT2D eigenvalue weighted by Crippen LogP contribution is -1.99. The first kappa shape index (κ1) is 34.0. The van der Waals surface area contributed by atoms with Crippen molar-refractivity contribution in [2.45, 2.75) is 0 Å². The van der Waals surface area contributed by atoms with Crippen LogP contribution in [0.3, 0.4) is 0 Å². The summed E-state index contributed by atoms with van der Waals surface area (Å²) in [4.78, 5) is 10.6. The van der Waals surface area contributed by atoms with Crippen LogP contribution in [0.2, 0.25) is 0 Å². The molecule has 0 spiro atoms. The number of benzene rings is 9. The minimum Gasteiger partial charge on any atom is -0.309 e. The third-order valence-corrected chi connectivity index (χ3v) is 11.9. The van der Waals surface area contributed by atoms with Gasteiger partial charge in [0.2, 0.25) is 0 Å². The van der Waals surface area contributed by atoms with E-state index in [9.17, 15) is 0 Å². The monoisotopic (exact) mass is 764 g/mol. The van der Waals surface area contributed by atoms with Crippen molar-refractivity contribution < 1.29 is 0 Å². The molecule has 0 aliphatic heterocycles. The number of nitrogens with zero attached hydrogens (tertiary/aromatic N) is 4. The first-order chi connectivity index (χ1) is 29.7. The Kier molecular flexibility index (Phi) is 7.82. The quantitative estimate of drug-likeness (QED) is 0.169. The van der Waals surface area contributed by atoms with Gasteiger partial charge in [-0.3, -0.25) is 0 Å². The lowest BCUT2D eigenvalue weighted by molar-refractivity contribution is 1.16. The minimum atomic E-state index is 0.699. The number of hydrogen-bond acceptors (Lipinski definition) is 2. The molecule has 4 nitrogen and oxygen atoms in total. The largest absolute Gasteiger partial charge is 0.309 e. The van der Waals surface area contributed by atoms with Crippen LogP contribution in [0.15, 0.2) is 218 Å². The van der Waals surface area contributed by atoms with Crippen molar-refractivity contribution in [1.82, 2.24) is 19.1 Å². The van der Waals surface area contributed by atoms with Crippen LogP contribution < -0.4 is 0 Å². The number of rotatable bonds is 6. The molecule has 0 amide bonds. The molecule has 3 aromatic heterocycles. The molecular weight excluding hydrogens is 729 g/mol. The summed E-state index contributed by atoms with van der Waals surface area (Å²) in [5.41, 5.74) is 15.4. The van der Waals surface area contributed by atoms with Gasteiger partial charge in [0, 0.05) is 49.4 Å². The van der Waals surface area contributed by atoms with E-state index in [-0.39, 0.29) is 0 Å². The van der Waals surface area contributed by atoms with Crippen molar-refractivity contribution in [2.24, 2.45) is 0 Å². The lowest BCUT2D eigenvalue weighted by atomic mass is 10.00. The van der Waals surface area contributed by atoms with E-state index in [1.807, 2.05) is 6.07 Å². The smallest absolute Gasteiger partial charge is 0.160 e. The maximum absolute atomic E-state index is 5.38. The second-order valence-electron chi connectivity index (χ2n) is 15.4. The van der Waals surface area contributed by atoms with Crippen LogP contribution in [0.25, 0.3) is 111 Å². The summed E-state index contributed by atoms with van der Waals surface area (Å²) in [5, 5.41) is 5.91. The second kappa shape index (κ2) is 13.8. The van der Waals surface area contributed by atoms with Crippen molar-refractivity contribution in [2.75, 3.05) is 0 Å². The highest BCUT2D eigenvalue weighted by molar-refractivity contribution is 6.19. The van der Waals surface area contributed by atoms with Crippen LogP contribution in [0.4, 0.5) is 0 Å². The normalized spacial score (nSPS) is 11.7. The molecule has 0 saturated carbocycles. The fourth-order valence-corrected chi connectivity index (χ4v) is 9.06. The Morgan fingerprint density at radius 2 is 0.733 bits per heavy atom. The fourth-order valence-electron chi connectivity index (χ4n) is 9.06. The molecule has 0 saturated heterocycles. The Hall–Kier alpha value is -8.08. The molecule has 4 heteroatoms. The summed E-state index contributed by atoms with van der Waals surface area (Å²) >= 11 is 0. The highest BCUT2D eigenvalue weighted by Crippen LogP contribution is 2.41. The minimum absolute atomic E-state index is 0.699. The average molecular weight is 765 g/mol. The highest BCUT2D eigenvalue weighted by atomic mass is 15.0. The predicted octanol–water partition coefficient (Wildman–Crippen LogP) is 14.5. The van der Waals surface area contributed by atoms with Crippen LogP contribution in [0.1, 0.15) is 0 Å². The summed E-state index contributed by atoms with van der Waals surface area (Å²) in [7, 11) is 0. The maximum Gasteiger partial charge on any atom is 0.160 e. The van der Waals surface area contributed by atoms with Gasteiger partial charge < -0.3 is 9.13 Å². The van der Waals surface area contributed by atoms with Gasteiger partial charge in [0.1, 0.15) is 0 Å². The van der Waals surface area contributed by atoms with Gasteiger partial charge in [-0.15, -0.1) is 0 Å². The van der Waals surface area contributed by atoms with Gasteiger partial charge in [-0.2, -0.15) is 0 Å². The molecule has 0 bridgehead atoms. The van der Waals surface area contributed by atoms with Crippen LogP contribution in [0, 0.1) is 0 Å². The summed E-state index contributed by atoms with van der Waals surface area (Å²) in [6.45, 7) is 0.